The Morgan fingerprint density at radius 2 is 2.04 bits per heavy atom. The average molecular weight is 368 g/mol. The number of aromatic nitrogens is 1. The molecule has 0 saturated heterocycles. The second kappa shape index (κ2) is 7.11. The van der Waals surface area contributed by atoms with Gasteiger partial charge in [-0.15, -0.1) is 0 Å². The standard InChI is InChI=1S/C20H15ClFN3O/c1-20(12-23,10-13-5-7-16(21)8-6-13)25-19(26)15-9-14-3-2-4-17(22)18(14)24-11-15/h2-9,11H,10H2,1H3,(H,25,26). The number of nitriles is 1. The van der Waals surface area contributed by atoms with Crippen LogP contribution in [0.2, 0.25) is 5.02 Å². The second-order valence-corrected chi connectivity index (χ2v) is 6.67. The number of hydrogen-bond acceptors (Lipinski definition) is 3. The molecule has 4 nitrogen and oxygen atoms in total. The maximum Gasteiger partial charge on any atom is 0.254 e. The van der Waals surface area contributed by atoms with E-state index in [-0.39, 0.29) is 11.1 Å². The minimum absolute atomic E-state index is 0.202. The number of halogens is 2. The molecule has 0 radical (unpaired) electrons. The first-order valence-electron chi connectivity index (χ1n) is 7.93. The van der Waals surface area contributed by atoms with Crippen LogP contribution in [0.5, 0.6) is 0 Å². The Labute approximate surface area is 155 Å². The van der Waals surface area contributed by atoms with E-state index < -0.39 is 17.3 Å². The molecule has 3 rings (SSSR count). The van der Waals surface area contributed by atoms with E-state index in [4.69, 9.17) is 11.6 Å². The molecular formula is C20H15ClFN3O. The fraction of sp³-hybridized carbons (Fsp3) is 0.150. The number of para-hydroxylation sites is 1. The minimum atomic E-state index is -1.11. The highest BCUT2D eigenvalue weighted by Gasteiger charge is 2.27. The van der Waals surface area contributed by atoms with Crippen molar-refractivity contribution >= 4 is 28.4 Å². The van der Waals surface area contributed by atoms with Crippen LogP contribution < -0.4 is 5.32 Å². The number of fused-ring (bicyclic) bond motifs is 1. The highest BCUT2D eigenvalue weighted by atomic mass is 35.5. The Balaban J connectivity index is 1.82. The number of amides is 1. The number of hydrogen-bond donors (Lipinski definition) is 1. The summed E-state index contributed by atoms with van der Waals surface area (Å²) in [6.07, 6.45) is 1.63. The average Bonchev–Trinajstić information content (AvgIpc) is 2.63. The normalized spacial score (nSPS) is 13.0. The summed E-state index contributed by atoms with van der Waals surface area (Å²) in [5.74, 6) is -0.888. The molecule has 1 unspecified atom stereocenters. The Morgan fingerprint density at radius 3 is 2.73 bits per heavy atom. The van der Waals surface area contributed by atoms with Crippen LogP contribution in [0.1, 0.15) is 22.8 Å². The van der Waals surface area contributed by atoms with Gasteiger partial charge < -0.3 is 5.32 Å². The highest BCUT2D eigenvalue weighted by molar-refractivity contribution is 6.30. The molecule has 0 aliphatic rings. The van der Waals surface area contributed by atoms with Gasteiger partial charge in [0.2, 0.25) is 0 Å². The van der Waals surface area contributed by atoms with Crippen molar-refractivity contribution in [2.75, 3.05) is 0 Å². The molecule has 0 spiro atoms. The van der Waals surface area contributed by atoms with E-state index in [1.54, 1.807) is 37.3 Å². The smallest absolute Gasteiger partial charge is 0.254 e. The van der Waals surface area contributed by atoms with Crippen molar-refractivity contribution in [3.63, 3.8) is 0 Å². The van der Waals surface area contributed by atoms with E-state index >= 15 is 0 Å². The van der Waals surface area contributed by atoms with Crippen LogP contribution in [-0.2, 0) is 6.42 Å². The first kappa shape index (κ1) is 17.8. The molecule has 1 amide bonds. The van der Waals surface area contributed by atoms with Gasteiger partial charge in [-0.1, -0.05) is 35.9 Å². The molecule has 0 aliphatic heterocycles. The zero-order chi connectivity index (χ0) is 18.7. The fourth-order valence-electron chi connectivity index (χ4n) is 2.69. The van der Waals surface area contributed by atoms with Crippen molar-refractivity contribution in [3.05, 3.63) is 76.7 Å². The van der Waals surface area contributed by atoms with Crippen molar-refractivity contribution in [2.45, 2.75) is 18.9 Å². The third kappa shape index (κ3) is 3.81. The monoisotopic (exact) mass is 367 g/mol. The third-order valence-electron chi connectivity index (χ3n) is 4.03. The van der Waals surface area contributed by atoms with Crippen LogP contribution in [0.15, 0.2) is 54.7 Å². The third-order valence-corrected chi connectivity index (χ3v) is 4.28. The van der Waals surface area contributed by atoms with Gasteiger partial charge in [-0.2, -0.15) is 5.26 Å². The van der Waals surface area contributed by atoms with Gasteiger partial charge in [0, 0.05) is 23.0 Å². The van der Waals surface area contributed by atoms with Crippen molar-refractivity contribution in [1.82, 2.24) is 10.3 Å². The lowest BCUT2D eigenvalue weighted by Gasteiger charge is -2.23. The summed E-state index contributed by atoms with van der Waals surface area (Å²) in [6.45, 7) is 1.65. The quantitative estimate of drug-likeness (QED) is 0.748. The number of carbonyl (C=O) groups excluding carboxylic acids is 1. The Bertz CT molecular complexity index is 1010. The number of nitrogens with one attached hydrogen (secondary N) is 1. The van der Waals surface area contributed by atoms with E-state index in [1.165, 1.54) is 12.3 Å². The molecule has 1 aromatic heterocycles. The molecule has 0 saturated carbocycles. The Kier molecular flexibility index (Phi) is 4.88. The SMILES string of the molecule is CC(C#N)(Cc1ccc(Cl)cc1)NC(=O)c1cnc2c(F)cccc2c1. The van der Waals surface area contributed by atoms with E-state index in [0.717, 1.165) is 5.56 Å². The molecule has 6 heteroatoms. The molecule has 1 heterocycles. The zero-order valence-corrected chi connectivity index (χ0v) is 14.7. The van der Waals surface area contributed by atoms with Crippen LogP contribution in [0.25, 0.3) is 10.9 Å². The van der Waals surface area contributed by atoms with Crippen molar-refractivity contribution in [2.24, 2.45) is 0 Å². The number of carbonyl (C=O) groups is 1. The molecule has 2 aromatic carbocycles. The number of pyridine rings is 1. The maximum absolute atomic E-state index is 13.7. The lowest BCUT2D eigenvalue weighted by Crippen LogP contribution is -2.46. The van der Waals surface area contributed by atoms with Crippen LogP contribution in [0.4, 0.5) is 4.39 Å². The Morgan fingerprint density at radius 1 is 1.31 bits per heavy atom. The highest BCUT2D eigenvalue weighted by Crippen LogP contribution is 2.19. The molecule has 0 fully saturated rings. The second-order valence-electron chi connectivity index (χ2n) is 6.24. The van der Waals surface area contributed by atoms with E-state index in [2.05, 4.69) is 16.4 Å². The predicted molar refractivity (Wildman–Crippen MR) is 98.3 cm³/mol. The van der Waals surface area contributed by atoms with Gasteiger partial charge in [-0.05, 0) is 36.8 Å². The summed E-state index contributed by atoms with van der Waals surface area (Å²) in [5, 5.41) is 13.4. The van der Waals surface area contributed by atoms with Crippen LogP contribution in [0.3, 0.4) is 0 Å². The number of nitrogens with zero attached hydrogens (tertiary/aromatic N) is 2. The van der Waals surface area contributed by atoms with Crippen molar-refractivity contribution in [3.8, 4) is 6.07 Å². The minimum Gasteiger partial charge on any atom is -0.334 e. The lowest BCUT2D eigenvalue weighted by molar-refractivity contribution is 0.0924. The summed E-state index contributed by atoms with van der Waals surface area (Å²) in [7, 11) is 0. The van der Waals surface area contributed by atoms with Crippen molar-refractivity contribution in [1.29, 1.82) is 5.26 Å². The predicted octanol–water partition coefficient (Wildman–Crippen LogP) is 4.28. The van der Waals surface area contributed by atoms with E-state index in [0.29, 0.717) is 16.8 Å². The number of rotatable bonds is 4. The summed E-state index contributed by atoms with van der Waals surface area (Å²) < 4.78 is 13.7. The summed E-state index contributed by atoms with van der Waals surface area (Å²) in [6, 6.07) is 15.3. The van der Waals surface area contributed by atoms with Gasteiger partial charge in [0.15, 0.2) is 0 Å². The molecule has 1 N–H and O–H groups in total. The van der Waals surface area contributed by atoms with Gasteiger partial charge in [0.1, 0.15) is 16.9 Å². The van der Waals surface area contributed by atoms with Gasteiger partial charge in [-0.25, -0.2) is 4.39 Å². The van der Waals surface area contributed by atoms with Gasteiger partial charge in [-0.3, -0.25) is 9.78 Å². The lowest BCUT2D eigenvalue weighted by atomic mass is 9.94. The van der Waals surface area contributed by atoms with Gasteiger partial charge in [0.25, 0.3) is 5.91 Å². The van der Waals surface area contributed by atoms with Crippen LogP contribution in [0, 0.1) is 17.1 Å². The molecular weight excluding hydrogens is 353 g/mol. The van der Waals surface area contributed by atoms with E-state index in [9.17, 15) is 14.4 Å². The topological polar surface area (TPSA) is 65.8 Å². The summed E-state index contributed by atoms with van der Waals surface area (Å²) >= 11 is 5.87. The van der Waals surface area contributed by atoms with Crippen molar-refractivity contribution < 1.29 is 9.18 Å². The first-order chi connectivity index (χ1) is 12.4. The first-order valence-corrected chi connectivity index (χ1v) is 8.30. The van der Waals surface area contributed by atoms with Crippen LogP contribution >= 0.6 is 11.6 Å². The number of benzene rings is 2. The maximum atomic E-state index is 13.7. The fourth-order valence-corrected chi connectivity index (χ4v) is 2.82. The molecule has 0 aliphatic carbocycles. The molecule has 26 heavy (non-hydrogen) atoms. The molecule has 1 atom stereocenters. The van der Waals surface area contributed by atoms with Gasteiger partial charge in [0.05, 0.1) is 11.6 Å². The van der Waals surface area contributed by atoms with E-state index in [1.807, 2.05) is 12.1 Å². The summed E-state index contributed by atoms with van der Waals surface area (Å²) in [4.78, 5) is 16.6. The summed E-state index contributed by atoms with van der Waals surface area (Å²) in [5.41, 5.74) is 0.230. The Hall–Kier alpha value is -2.97. The van der Waals surface area contributed by atoms with Crippen LogP contribution in [-0.4, -0.2) is 16.4 Å². The largest absolute Gasteiger partial charge is 0.334 e. The molecule has 0 bridgehead atoms. The van der Waals surface area contributed by atoms with Gasteiger partial charge >= 0.3 is 0 Å². The zero-order valence-electron chi connectivity index (χ0n) is 14.0. The molecule has 3 aromatic rings. The molecule has 130 valence electrons.